The highest BCUT2D eigenvalue weighted by Crippen LogP contribution is 2.33. The van der Waals surface area contributed by atoms with Crippen molar-refractivity contribution in [3.8, 4) is 0 Å². The molecule has 0 aromatic heterocycles. The Kier molecular flexibility index (Phi) is 5.98. The molecule has 5 nitrogen and oxygen atoms in total. The SMILES string of the molecule is O=C(O)O.OC1CNCCC1c1cccc(C(F)(F)F)c1. The van der Waals surface area contributed by atoms with E-state index in [4.69, 9.17) is 15.0 Å². The van der Waals surface area contributed by atoms with E-state index in [-0.39, 0.29) is 5.92 Å². The standard InChI is InChI=1S/C12H14F3NO.CH2O3/c13-12(14,15)9-3-1-2-8(6-9)10-4-5-16-7-11(10)17;2-1(3)4/h1-3,6,10-11,16-17H,4-5,7H2;(H2,2,3,4). The minimum atomic E-state index is -4.33. The molecule has 1 aliphatic rings. The molecular weight excluding hydrogens is 291 g/mol. The number of alkyl halides is 3. The molecular formula is C13H16F3NO4. The first-order valence-electron chi connectivity index (χ1n) is 6.19. The zero-order valence-electron chi connectivity index (χ0n) is 11.0. The molecule has 0 saturated carbocycles. The smallest absolute Gasteiger partial charge is 0.450 e. The van der Waals surface area contributed by atoms with Crippen LogP contribution >= 0.6 is 0 Å². The molecule has 1 saturated heterocycles. The second-order valence-electron chi connectivity index (χ2n) is 4.57. The topological polar surface area (TPSA) is 89.8 Å². The van der Waals surface area contributed by atoms with Gasteiger partial charge in [0.2, 0.25) is 0 Å². The summed E-state index contributed by atoms with van der Waals surface area (Å²) in [6.07, 6.45) is -6.12. The van der Waals surface area contributed by atoms with E-state index in [1.54, 1.807) is 6.07 Å². The molecule has 1 aromatic carbocycles. The summed E-state index contributed by atoms with van der Waals surface area (Å²) in [6, 6.07) is 5.23. The number of benzene rings is 1. The number of rotatable bonds is 1. The van der Waals surface area contributed by atoms with E-state index in [2.05, 4.69) is 5.32 Å². The van der Waals surface area contributed by atoms with Gasteiger partial charge in [-0.05, 0) is 24.6 Å². The number of aliphatic hydroxyl groups excluding tert-OH is 1. The average molecular weight is 307 g/mol. The second-order valence-corrected chi connectivity index (χ2v) is 4.57. The van der Waals surface area contributed by atoms with Gasteiger partial charge in [-0.1, -0.05) is 18.2 Å². The number of carbonyl (C=O) groups is 1. The van der Waals surface area contributed by atoms with Gasteiger partial charge >= 0.3 is 12.3 Å². The first-order valence-corrected chi connectivity index (χ1v) is 6.19. The van der Waals surface area contributed by atoms with Crippen molar-refractivity contribution in [2.45, 2.75) is 24.6 Å². The molecule has 0 aliphatic carbocycles. The predicted molar refractivity (Wildman–Crippen MR) is 68.3 cm³/mol. The van der Waals surface area contributed by atoms with Crippen molar-refractivity contribution in [3.63, 3.8) is 0 Å². The summed E-state index contributed by atoms with van der Waals surface area (Å²) in [4.78, 5) is 8.56. The molecule has 1 aliphatic heterocycles. The van der Waals surface area contributed by atoms with Gasteiger partial charge in [0.05, 0.1) is 11.7 Å². The number of carboxylic acid groups (broad SMARTS) is 2. The van der Waals surface area contributed by atoms with E-state index < -0.39 is 24.0 Å². The number of piperidine rings is 1. The first-order chi connectivity index (χ1) is 9.71. The van der Waals surface area contributed by atoms with Gasteiger partial charge < -0.3 is 20.6 Å². The number of β-amino-alcohol motifs (C(OH)–C–C–N with tert-alkyl or cyclic N) is 1. The molecule has 1 fully saturated rings. The van der Waals surface area contributed by atoms with Crippen LogP contribution < -0.4 is 5.32 Å². The summed E-state index contributed by atoms with van der Waals surface area (Å²) in [6.45, 7) is 1.15. The molecule has 1 aromatic rings. The number of nitrogens with one attached hydrogen (secondary N) is 1. The number of halogens is 3. The van der Waals surface area contributed by atoms with Crippen molar-refractivity contribution in [3.05, 3.63) is 35.4 Å². The molecule has 21 heavy (non-hydrogen) atoms. The maximum Gasteiger partial charge on any atom is 0.503 e. The monoisotopic (exact) mass is 307 g/mol. The van der Waals surface area contributed by atoms with Crippen molar-refractivity contribution >= 4 is 6.16 Å². The highest BCUT2D eigenvalue weighted by Gasteiger charge is 2.32. The maximum atomic E-state index is 12.6. The fraction of sp³-hybridized carbons (Fsp3) is 0.462. The van der Waals surface area contributed by atoms with E-state index in [0.29, 0.717) is 18.5 Å². The fourth-order valence-corrected chi connectivity index (χ4v) is 2.18. The van der Waals surface area contributed by atoms with Crippen LogP contribution in [0.5, 0.6) is 0 Å². The molecule has 118 valence electrons. The van der Waals surface area contributed by atoms with E-state index in [1.807, 2.05) is 0 Å². The molecule has 2 unspecified atom stereocenters. The molecule has 0 bridgehead atoms. The largest absolute Gasteiger partial charge is 0.503 e. The van der Waals surface area contributed by atoms with Gasteiger partial charge in [0.25, 0.3) is 0 Å². The highest BCUT2D eigenvalue weighted by atomic mass is 19.4. The Balaban J connectivity index is 0.000000491. The van der Waals surface area contributed by atoms with Gasteiger partial charge in [-0.15, -0.1) is 0 Å². The van der Waals surface area contributed by atoms with Crippen LogP contribution in [0.25, 0.3) is 0 Å². The summed E-state index contributed by atoms with van der Waals surface area (Å²) in [5.41, 5.74) is -0.0884. The van der Waals surface area contributed by atoms with Gasteiger partial charge in [-0.25, -0.2) is 4.79 Å². The van der Waals surface area contributed by atoms with Crippen LogP contribution in [0.1, 0.15) is 23.5 Å². The van der Waals surface area contributed by atoms with Gasteiger partial charge in [-0.2, -0.15) is 13.2 Å². The van der Waals surface area contributed by atoms with Gasteiger partial charge in [0.15, 0.2) is 0 Å². The number of hydrogen-bond donors (Lipinski definition) is 4. The summed E-state index contributed by atoms with van der Waals surface area (Å²) >= 11 is 0. The Morgan fingerprint density at radius 2 is 1.90 bits per heavy atom. The van der Waals surface area contributed by atoms with Gasteiger partial charge in [-0.3, -0.25) is 0 Å². The molecule has 2 rings (SSSR count). The first kappa shape index (κ1) is 17.3. The van der Waals surface area contributed by atoms with E-state index in [0.717, 1.165) is 18.7 Å². The Bertz CT molecular complexity index is 475. The predicted octanol–water partition coefficient (Wildman–Crippen LogP) is 2.37. The molecule has 1 heterocycles. The van der Waals surface area contributed by atoms with Crippen LogP contribution in [0.4, 0.5) is 18.0 Å². The minimum Gasteiger partial charge on any atom is -0.450 e. The van der Waals surface area contributed by atoms with Crippen LogP contribution in [0.15, 0.2) is 24.3 Å². The normalized spacial score (nSPS) is 22.1. The van der Waals surface area contributed by atoms with E-state index in [1.165, 1.54) is 6.07 Å². The minimum absolute atomic E-state index is 0.210. The lowest BCUT2D eigenvalue weighted by molar-refractivity contribution is -0.137. The third-order valence-electron chi connectivity index (χ3n) is 3.09. The molecule has 0 amide bonds. The van der Waals surface area contributed by atoms with Crippen LogP contribution in [0.2, 0.25) is 0 Å². The fourth-order valence-electron chi connectivity index (χ4n) is 2.18. The Labute approximate surface area is 119 Å². The molecule has 2 atom stereocenters. The summed E-state index contributed by atoms with van der Waals surface area (Å²) in [5, 5.41) is 26.7. The molecule has 4 N–H and O–H groups in total. The lowest BCUT2D eigenvalue weighted by Gasteiger charge is -2.29. The van der Waals surface area contributed by atoms with Crippen LogP contribution in [-0.2, 0) is 6.18 Å². The van der Waals surface area contributed by atoms with Crippen molar-refractivity contribution in [2.75, 3.05) is 13.1 Å². The van der Waals surface area contributed by atoms with E-state index >= 15 is 0 Å². The van der Waals surface area contributed by atoms with E-state index in [9.17, 15) is 18.3 Å². The zero-order chi connectivity index (χ0) is 16.0. The lowest BCUT2D eigenvalue weighted by atomic mass is 9.87. The number of aliphatic hydroxyl groups is 1. The number of hydrogen-bond acceptors (Lipinski definition) is 3. The Morgan fingerprint density at radius 3 is 2.43 bits per heavy atom. The van der Waals surface area contributed by atoms with Gasteiger partial charge in [0.1, 0.15) is 0 Å². The summed E-state index contributed by atoms with van der Waals surface area (Å²) in [7, 11) is 0. The van der Waals surface area contributed by atoms with Crippen LogP contribution in [0.3, 0.4) is 0 Å². The molecule has 0 radical (unpaired) electrons. The third-order valence-corrected chi connectivity index (χ3v) is 3.09. The quantitative estimate of drug-likeness (QED) is 0.639. The zero-order valence-corrected chi connectivity index (χ0v) is 11.0. The van der Waals surface area contributed by atoms with Crippen molar-refractivity contribution in [1.82, 2.24) is 5.32 Å². The van der Waals surface area contributed by atoms with Gasteiger partial charge in [0, 0.05) is 12.5 Å². The Morgan fingerprint density at radius 1 is 1.29 bits per heavy atom. The average Bonchev–Trinajstić information content (AvgIpc) is 2.38. The van der Waals surface area contributed by atoms with Crippen molar-refractivity contribution < 1.29 is 33.3 Å². The Hall–Kier alpha value is -1.80. The van der Waals surface area contributed by atoms with Crippen LogP contribution in [-0.4, -0.2) is 40.7 Å². The maximum absolute atomic E-state index is 12.6. The van der Waals surface area contributed by atoms with Crippen molar-refractivity contribution in [2.24, 2.45) is 0 Å². The lowest BCUT2D eigenvalue weighted by Crippen LogP contribution is -2.39. The highest BCUT2D eigenvalue weighted by molar-refractivity contribution is 5.53. The second kappa shape index (κ2) is 7.28. The summed E-state index contributed by atoms with van der Waals surface area (Å²) in [5.74, 6) is -0.210. The summed E-state index contributed by atoms with van der Waals surface area (Å²) < 4.78 is 37.7. The third kappa shape index (κ3) is 5.60. The van der Waals surface area contributed by atoms with Crippen LogP contribution in [0, 0.1) is 0 Å². The molecule has 8 heteroatoms. The van der Waals surface area contributed by atoms with Crippen molar-refractivity contribution in [1.29, 1.82) is 0 Å². The molecule has 0 spiro atoms.